The molecule has 1 aromatic carbocycles. The molecule has 1 amide bonds. The molecule has 2 heteroatoms. The molecule has 2 saturated carbocycles. The SMILES string of the molecule is O=C(NCC1(c2ccccc2)CC1)C1CC1. The summed E-state index contributed by atoms with van der Waals surface area (Å²) in [5, 5.41) is 3.11. The van der Waals surface area contributed by atoms with E-state index >= 15 is 0 Å². The van der Waals surface area contributed by atoms with Gasteiger partial charge in [-0.15, -0.1) is 0 Å². The molecule has 16 heavy (non-hydrogen) atoms. The van der Waals surface area contributed by atoms with Gasteiger partial charge in [0.25, 0.3) is 0 Å². The van der Waals surface area contributed by atoms with Gasteiger partial charge in [-0.3, -0.25) is 4.79 Å². The van der Waals surface area contributed by atoms with Gasteiger partial charge in [-0.1, -0.05) is 30.3 Å². The number of hydrogen-bond donors (Lipinski definition) is 1. The second-order valence-corrected chi connectivity index (χ2v) is 5.14. The van der Waals surface area contributed by atoms with Gasteiger partial charge in [-0.2, -0.15) is 0 Å². The molecule has 2 nitrogen and oxygen atoms in total. The molecular formula is C14H17NO. The summed E-state index contributed by atoms with van der Waals surface area (Å²) in [6.45, 7) is 0.826. The second kappa shape index (κ2) is 3.62. The van der Waals surface area contributed by atoms with Crippen LogP contribution < -0.4 is 5.32 Å². The summed E-state index contributed by atoms with van der Waals surface area (Å²) in [6.07, 6.45) is 4.60. The van der Waals surface area contributed by atoms with E-state index in [1.54, 1.807) is 0 Å². The van der Waals surface area contributed by atoms with Gasteiger partial charge in [0.2, 0.25) is 5.91 Å². The Kier molecular flexibility index (Phi) is 2.23. The zero-order chi connectivity index (χ0) is 11.0. The summed E-state index contributed by atoms with van der Waals surface area (Å²) in [6, 6.07) is 10.6. The molecule has 0 unspecified atom stereocenters. The predicted molar refractivity (Wildman–Crippen MR) is 63.1 cm³/mol. The van der Waals surface area contributed by atoms with Crippen LogP contribution in [0.2, 0.25) is 0 Å². The van der Waals surface area contributed by atoms with E-state index in [9.17, 15) is 4.79 Å². The Hall–Kier alpha value is -1.31. The van der Waals surface area contributed by atoms with Crippen LogP contribution in [0.4, 0.5) is 0 Å². The van der Waals surface area contributed by atoms with Crippen LogP contribution in [0.15, 0.2) is 30.3 Å². The van der Waals surface area contributed by atoms with E-state index in [1.165, 1.54) is 18.4 Å². The Bertz CT molecular complexity index is 390. The van der Waals surface area contributed by atoms with Gasteiger partial charge in [-0.05, 0) is 31.2 Å². The molecule has 0 bridgehead atoms. The van der Waals surface area contributed by atoms with E-state index < -0.39 is 0 Å². The topological polar surface area (TPSA) is 29.1 Å². The van der Waals surface area contributed by atoms with E-state index in [1.807, 2.05) is 6.07 Å². The third-order valence-electron chi connectivity index (χ3n) is 3.79. The van der Waals surface area contributed by atoms with E-state index in [0.29, 0.717) is 5.92 Å². The number of hydrogen-bond acceptors (Lipinski definition) is 1. The molecule has 2 aliphatic carbocycles. The summed E-state index contributed by atoms with van der Waals surface area (Å²) >= 11 is 0. The molecule has 0 atom stereocenters. The number of benzene rings is 1. The number of rotatable bonds is 4. The minimum Gasteiger partial charge on any atom is -0.355 e. The predicted octanol–water partition coefficient (Wildman–Crippen LogP) is 2.24. The Balaban J connectivity index is 1.63. The molecule has 2 aliphatic rings. The van der Waals surface area contributed by atoms with Crippen molar-refractivity contribution in [1.29, 1.82) is 0 Å². The molecule has 1 aromatic rings. The van der Waals surface area contributed by atoms with Crippen LogP contribution in [-0.2, 0) is 10.2 Å². The lowest BCUT2D eigenvalue weighted by Gasteiger charge is -2.16. The molecule has 0 aromatic heterocycles. The van der Waals surface area contributed by atoms with Crippen LogP contribution >= 0.6 is 0 Å². The molecule has 0 aliphatic heterocycles. The minimum atomic E-state index is 0.256. The van der Waals surface area contributed by atoms with Crippen molar-refractivity contribution < 1.29 is 4.79 Å². The summed E-state index contributed by atoms with van der Waals surface area (Å²) in [5.74, 6) is 0.591. The van der Waals surface area contributed by atoms with Gasteiger partial charge in [0, 0.05) is 17.9 Å². The van der Waals surface area contributed by atoms with Gasteiger partial charge in [-0.25, -0.2) is 0 Å². The van der Waals surface area contributed by atoms with Crippen molar-refractivity contribution in [3.05, 3.63) is 35.9 Å². The third kappa shape index (κ3) is 1.84. The second-order valence-electron chi connectivity index (χ2n) is 5.14. The van der Waals surface area contributed by atoms with Crippen LogP contribution in [-0.4, -0.2) is 12.5 Å². The van der Waals surface area contributed by atoms with Crippen molar-refractivity contribution in [1.82, 2.24) is 5.32 Å². The number of nitrogens with one attached hydrogen (secondary N) is 1. The van der Waals surface area contributed by atoms with Crippen molar-refractivity contribution >= 4 is 5.91 Å². The summed E-state index contributed by atoms with van der Waals surface area (Å²) in [4.78, 5) is 11.6. The fourth-order valence-electron chi connectivity index (χ4n) is 2.26. The van der Waals surface area contributed by atoms with E-state index in [2.05, 4.69) is 29.6 Å². The number of carbonyl (C=O) groups excluding carboxylic acids is 1. The normalized spacial score (nSPS) is 21.5. The summed E-state index contributed by atoms with van der Waals surface area (Å²) in [7, 11) is 0. The standard InChI is InChI=1S/C14H17NO/c16-13(11-6-7-11)15-10-14(8-9-14)12-4-2-1-3-5-12/h1-5,11H,6-10H2,(H,15,16). The molecule has 3 rings (SSSR count). The zero-order valence-corrected chi connectivity index (χ0v) is 9.41. The molecule has 84 valence electrons. The first-order valence-electron chi connectivity index (χ1n) is 6.13. The largest absolute Gasteiger partial charge is 0.355 e. The Morgan fingerprint density at radius 1 is 1.25 bits per heavy atom. The third-order valence-corrected chi connectivity index (χ3v) is 3.79. The molecule has 0 spiro atoms. The molecule has 2 fully saturated rings. The smallest absolute Gasteiger partial charge is 0.223 e. The highest BCUT2D eigenvalue weighted by Gasteiger charge is 2.44. The van der Waals surface area contributed by atoms with E-state index in [0.717, 1.165) is 19.4 Å². The van der Waals surface area contributed by atoms with Crippen LogP contribution in [0.1, 0.15) is 31.2 Å². The average molecular weight is 215 g/mol. The van der Waals surface area contributed by atoms with Gasteiger partial charge >= 0.3 is 0 Å². The highest BCUT2D eigenvalue weighted by atomic mass is 16.2. The Labute approximate surface area is 96.1 Å². The first-order valence-corrected chi connectivity index (χ1v) is 6.13. The highest BCUT2D eigenvalue weighted by molar-refractivity contribution is 5.81. The molecule has 1 N–H and O–H groups in total. The van der Waals surface area contributed by atoms with Crippen molar-refractivity contribution in [3.8, 4) is 0 Å². The maximum absolute atomic E-state index is 11.6. The summed E-state index contributed by atoms with van der Waals surface area (Å²) < 4.78 is 0. The van der Waals surface area contributed by atoms with Gasteiger partial charge in [0.15, 0.2) is 0 Å². The maximum atomic E-state index is 11.6. The average Bonchev–Trinajstić information content (AvgIpc) is 3.19. The maximum Gasteiger partial charge on any atom is 0.223 e. The van der Waals surface area contributed by atoms with Crippen LogP contribution in [0.5, 0.6) is 0 Å². The molecule has 0 radical (unpaired) electrons. The lowest BCUT2D eigenvalue weighted by atomic mass is 9.96. The van der Waals surface area contributed by atoms with Gasteiger partial charge in [0.1, 0.15) is 0 Å². The van der Waals surface area contributed by atoms with Crippen LogP contribution in [0.3, 0.4) is 0 Å². The van der Waals surface area contributed by atoms with Crippen molar-refractivity contribution in [2.24, 2.45) is 5.92 Å². The molecule has 0 saturated heterocycles. The first kappa shape index (κ1) is 9.88. The van der Waals surface area contributed by atoms with Crippen molar-refractivity contribution in [2.75, 3.05) is 6.54 Å². The Morgan fingerprint density at radius 2 is 1.94 bits per heavy atom. The quantitative estimate of drug-likeness (QED) is 0.820. The van der Waals surface area contributed by atoms with Crippen LogP contribution in [0.25, 0.3) is 0 Å². The van der Waals surface area contributed by atoms with E-state index in [4.69, 9.17) is 0 Å². The van der Waals surface area contributed by atoms with Gasteiger partial charge in [0.05, 0.1) is 0 Å². The number of carbonyl (C=O) groups is 1. The summed E-state index contributed by atoms with van der Waals surface area (Å²) in [5.41, 5.74) is 1.64. The van der Waals surface area contributed by atoms with E-state index in [-0.39, 0.29) is 11.3 Å². The lowest BCUT2D eigenvalue weighted by molar-refractivity contribution is -0.122. The number of amides is 1. The van der Waals surface area contributed by atoms with Crippen molar-refractivity contribution in [2.45, 2.75) is 31.1 Å². The van der Waals surface area contributed by atoms with Crippen LogP contribution in [0, 0.1) is 5.92 Å². The molecular weight excluding hydrogens is 198 g/mol. The Morgan fingerprint density at radius 3 is 2.50 bits per heavy atom. The fourth-order valence-corrected chi connectivity index (χ4v) is 2.26. The monoisotopic (exact) mass is 215 g/mol. The molecule has 0 heterocycles. The highest BCUT2D eigenvalue weighted by Crippen LogP contribution is 2.47. The van der Waals surface area contributed by atoms with Gasteiger partial charge < -0.3 is 5.32 Å². The fraction of sp³-hybridized carbons (Fsp3) is 0.500. The first-order chi connectivity index (χ1) is 7.80. The minimum absolute atomic E-state index is 0.256. The van der Waals surface area contributed by atoms with Crippen molar-refractivity contribution in [3.63, 3.8) is 0 Å². The lowest BCUT2D eigenvalue weighted by Crippen LogP contribution is -2.33. The zero-order valence-electron chi connectivity index (χ0n) is 9.41.